The van der Waals surface area contributed by atoms with Crippen molar-refractivity contribution in [3.8, 4) is 0 Å². The first-order chi connectivity index (χ1) is 15.1. The van der Waals surface area contributed by atoms with Crippen molar-refractivity contribution in [3.05, 3.63) is 12.7 Å². The Balaban J connectivity index is 1.78. The van der Waals surface area contributed by atoms with Crippen LogP contribution in [-0.2, 0) is 0 Å². The molecule has 4 heteroatoms. The Morgan fingerprint density at radius 1 is 1.19 bits per heavy atom. The number of amides is 2. The molecule has 3 aliphatic rings. The maximum Gasteiger partial charge on any atom is 0.332 e. The summed E-state index contributed by atoms with van der Waals surface area (Å²) < 4.78 is 0. The highest BCUT2D eigenvalue weighted by Crippen LogP contribution is 2.66. The fraction of sp³-hybridized carbons (Fsp3) is 0.857. The highest BCUT2D eigenvalue weighted by Gasteiger charge is 2.59. The average Bonchev–Trinajstić information content (AvgIpc) is 3.08. The zero-order chi connectivity index (χ0) is 23.5. The second-order valence-electron chi connectivity index (χ2n) is 12.2. The third-order valence-electron chi connectivity index (χ3n) is 10.00. The van der Waals surface area contributed by atoms with Crippen molar-refractivity contribution in [1.29, 1.82) is 0 Å². The van der Waals surface area contributed by atoms with Crippen LogP contribution in [0.3, 0.4) is 0 Å². The molecule has 182 valence electrons. The molecular formula is C28H49N3O. The summed E-state index contributed by atoms with van der Waals surface area (Å²) in [6.45, 7) is 16.3. The molecule has 3 aliphatic carbocycles. The Bertz CT molecular complexity index is 701. The van der Waals surface area contributed by atoms with Crippen LogP contribution in [0.2, 0.25) is 0 Å². The summed E-state index contributed by atoms with van der Waals surface area (Å²) in [5.41, 5.74) is 9.57. The van der Waals surface area contributed by atoms with E-state index in [1.807, 2.05) is 6.08 Å². The lowest BCUT2D eigenvalue weighted by Gasteiger charge is -2.57. The summed E-state index contributed by atoms with van der Waals surface area (Å²) in [5.74, 6) is 4.81. The predicted octanol–water partition coefficient (Wildman–Crippen LogP) is 7.30. The molecular weight excluding hydrogens is 394 g/mol. The number of hydrogen-bond acceptors (Lipinski definition) is 2. The highest BCUT2D eigenvalue weighted by atomic mass is 16.2. The number of allylic oxidation sites excluding steroid dienone is 1. The smallest absolute Gasteiger partial charge is 0.332 e. The molecule has 0 radical (unpaired) electrons. The van der Waals surface area contributed by atoms with Crippen LogP contribution in [0.5, 0.6) is 0 Å². The minimum atomic E-state index is -0.563. The summed E-state index contributed by atoms with van der Waals surface area (Å²) in [5, 5.41) is 4.53. The topological polar surface area (TPSA) is 67.5 Å². The van der Waals surface area contributed by atoms with Gasteiger partial charge >= 0.3 is 6.03 Å². The largest absolute Gasteiger partial charge is 0.350 e. The molecule has 3 saturated carbocycles. The second-order valence-corrected chi connectivity index (χ2v) is 12.2. The molecule has 0 heterocycles. The van der Waals surface area contributed by atoms with Gasteiger partial charge < -0.3 is 5.73 Å². The predicted molar refractivity (Wildman–Crippen MR) is 135 cm³/mol. The van der Waals surface area contributed by atoms with Crippen molar-refractivity contribution in [1.82, 2.24) is 5.43 Å². The summed E-state index contributed by atoms with van der Waals surface area (Å²) in [4.78, 5) is 11.3. The van der Waals surface area contributed by atoms with Crippen molar-refractivity contribution < 1.29 is 4.79 Å². The van der Waals surface area contributed by atoms with Crippen molar-refractivity contribution in [2.24, 2.45) is 57.2 Å². The van der Waals surface area contributed by atoms with Crippen molar-refractivity contribution in [2.75, 3.05) is 0 Å². The van der Waals surface area contributed by atoms with E-state index >= 15 is 0 Å². The SMILES string of the molecule is C=CCC[C@]1(C)/C(=N\NC(N)=O)CC[C@H]2[C@H]3CC[C@@H]([C@H](C)CCCC(C)C)[C@@]3(C)CC[C@@H]21. The van der Waals surface area contributed by atoms with Crippen LogP contribution in [0.1, 0.15) is 105 Å². The van der Waals surface area contributed by atoms with Crippen molar-refractivity contribution >= 4 is 11.7 Å². The normalized spacial score (nSPS) is 38.9. The number of hydrogen-bond donors (Lipinski definition) is 2. The van der Waals surface area contributed by atoms with Gasteiger partial charge in [0.2, 0.25) is 0 Å². The van der Waals surface area contributed by atoms with Crippen LogP contribution in [0.15, 0.2) is 17.8 Å². The van der Waals surface area contributed by atoms with E-state index in [4.69, 9.17) is 5.73 Å². The van der Waals surface area contributed by atoms with E-state index in [0.29, 0.717) is 11.3 Å². The molecule has 0 unspecified atom stereocenters. The van der Waals surface area contributed by atoms with E-state index in [2.05, 4.69) is 51.7 Å². The van der Waals surface area contributed by atoms with Crippen LogP contribution in [0, 0.1) is 46.3 Å². The molecule has 3 rings (SSSR count). The number of primary amides is 1. The molecule has 0 aromatic rings. The third kappa shape index (κ3) is 4.94. The summed E-state index contributed by atoms with van der Waals surface area (Å²) >= 11 is 0. The van der Waals surface area contributed by atoms with Gasteiger partial charge in [0.25, 0.3) is 0 Å². The minimum absolute atomic E-state index is 0.0296. The number of nitrogens with two attached hydrogens (primary N) is 1. The van der Waals surface area contributed by atoms with Crippen LogP contribution in [-0.4, -0.2) is 11.7 Å². The molecule has 32 heavy (non-hydrogen) atoms. The number of nitrogens with one attached hydrogen (secondary N) is 1. The fourth-order valence-corrected chi connectivity index (χ4v) is 8.35. The highest BCUT2D eigenvalue weighted by molar-refractivity contribution is 5.92. The van der Waals surface area contributed by atoms with Gasteiger partial charge in [-0.25, -0.2) is 10.2 Å². The van der Waals surface area contributed by atoms with Gasteiger partial charge in [-0.1, -0.05) is 60.0 Å². The maximum atomic E-state index is 11.3. The standard InChI is InChI=1S/C28H49N3O/c1-7-8-17-28(6)24-16-18-27(5)22(20(4)11-9-10-19(2)3)13-14-23(27)21(24)12-15-25(28)30-31-26(29)32/h7,19-24H,1,8-18H2,2-6H3,(H3,29,31,32)/b30-25-/t20-,21+,22+,23-,24+,27-,28+/m1/s1. The van der Waals surface area contributed by atoms with Crippen LogP contribution >= 0.6 is 0 Å². The molecule has 4 nitrogen and oxygen atoms in total. The molecule has 0 saturated heterocycles. The third-order valence-corrected chi connectivity index (χ3v) is 10.00. The molecule has 0 spiro atoms. The Labute approximate surface area is 197 Å². The van der Waals surface area contributed by atoms with Crippen LogP contribution in [0.25, 0.3) is 0 Å². The molecule has 0 bridgehead atoms. The minimum Gasteiger partial charge on any atom is -0.350 e. The van der Waals surface area contributed by atoms with Gasteiger partial charge in [-0.05, 0) is 92.3 Å². The zero-order valence-corrected chi connectivity index (χ0v) is 21.5. The maximum absolute atomic E-state index is 11.3. The first kappa shape index (κ1) is 25.3. The number of carbonyl (C=O) groups excluding carboxylic acids is 1. The monoisotopic (exact) mass is 443 g/mol. The van der Waals surface area contributed by atoms with E-state index in [1.165, 1.54) is 51.4 Å². The van der Waals surface area contributed by atoms with Gasteiger partial charge in [0.15, 0.2) is 0 Å². The number of carbonyl (C=O) groups is 1. The first-order valence-corrected chi connectivity index (χ1v) is 13.4. The van der Waals surface area contributed by atoms with Crippen molar-refractivity contribution in [2.45, 2.75) is 105 Å². The molecule has 3 N–H and O–H groups in total. The van der Waals surface area contributed by atoms with Crippen molar-refractivity contribution in [3.63, 3.8) is 0 Å². The molecule has 7 atom stereocenters. The lowest BCUT2D eigenvalue weighted by Crippen LogP contribution is -2.53. The van der Waals surface area contributed by atoms with Gasteiger partial charge in [-0.3, -0.25) is 0 Å². The number of fused-ring (bicyclic) bond motifs is 3. The van der Waals surface area contributed by atoms with E-state index < -0.39 is 6.03 Å². The van der Waals surface area contributed by atoms with Crippen LogP contribution in [0.4, 0.5) is 4.79 Å². The number of urea groups is 1. The second kappa shape index (κ2) is 10.3. The fourth-order valence-electron chi connectivity index (χ4n) is 8.35. The van der Waals surface area contributed by atoms with Gasteiger partial charge in [0.1, 0.15) is 0 Å². The molecule has 3 fully saturated rings. The van der Waals surface area contributed by atoms with Crippen LogP contribution < -0.4 is 11.2 Å². The van der Waals surface area contributed by atoms with Gasteiger partial charge in [-0.15, -0.1) is 6.58 Å². The van der Waals surface area contributed by atoms with E-state index in [-0.39, 0.29) is 5.41 Å². The average molecular weight is 444 g/mol. The molecule has 2 amide bonds. The Morgan fingerprint density at radius 2 is 1.94 bits per heavy atom. The summed E-state index contributed by atoms with van der Waals surface area (Å²) in [7, 11) is 0. The Morgan fingerprint density at radius 3 is 2.59 bits per heavy atom. The Kier molecular flexibility index (Phi) is 8.15. The number of nitrogens with zero attached hydrogens (tertiary/aromatic N) is 1. The molecule has 0 aliphatic heterocycles. The van der Waals surface area contributed by atoms with Gasteiger partial charge in [0.05, 0.1) is 0 Å². The van der Waals surface area contributed by atoms with Gasteiger partial charge in [-0.2, -0.15) is 5.10 Å². The van der Waals surface area contributed by atoms with E-state index in [0.717, 1.165) is 54.6 Å². The lowest BCUT2D eigenvalue weighted by molar-refractivity contribution is -0.0439. The number of hydrazone groups is 1. The summed E-state index contributed by atoms with van der Waals surface area (Å²) in [6.07, 6.45) is 15.9. The van der Waals surface area contributed by atoms with E-state index in [1.54, 1.807) is 0 Å². The summed E-state index contributed by atoms with van der Waals surface area (Å²) in [6, 6.07) is -0.563. The lowest BCUT2D eigenvalue weighted by atomic mass is 9.47. The van der Waals surface area contributed by atoms with E-state index in [9.17, 15) is 4.79 Å². The quantitative estimate of drug-likeness (QED) is 0.285. The molecule has 0 aromatic carbocycles. The zero-order valence-electron chi connectivity index (χ0n) is 21.5. The first-order valence-electron chi connectivity index (χ1n) is 13.4. The van der Waals surface area contributed by atoms with Gasteiger partial charge in [0, 0.05) is 11.1 Å². The molecule has 0 aromatic heterocycles. The number of rotatable bonds is 9. The Hall–Kier alpha value is -1.32.